The summed E-state index contributed by atoms with van der Waals surface area (Å²) in [5, 5.41) is 21.7. The van der Waals surface area contributed by atoms with Crippen LogP contribution in [-0.2, 0) is 14.8 Å². The first-order valence-electron chi connectivity index (χ1n) is 16.1. The van der Waals surface area contributed by atoms with Gasteiger partial charge in [-0.1, -0.05) is 6.92 Å². The van der Waals surface area contributed by atoms with Crippen molar-refractivity contribution in [3.05, 3.63) is 36.5 Å². The van der Waals surface area contributed by atoms with Gasteiger partial charge in [-0.25, -0.2) is 13.4 Å². The van der Waals surface area contributed by atoms with Crippen molar-refractivity contribution in [1.29, 1.82) is 0 Å². The third-order valence-corrected chi connectivity index (χ3v) is 11.5. The Labute approximate surface area is 263 Å². The van der Waals surface area contributed by atoms with Crippen molar-refractivity contribution in [1.82, 2.24) is 20.5 Å². The molecule has 0 radical (unpaired) electrons. The summed E-state index contributed by atoms with van der Waals surface area (Å²) < 4.78 is 34.6. The highest BCUT2D eigenvalue weighted by molar-refractivity contribution is 7.93. The average molecular weight is 636 g/mol. The molecule has 12 nitrogen and oxygen atoms in total. The molecule has 1 atom stereocenters. The van der Waals surface area contributed by atoms with Crippen LogP contribution < -0.4 is 19.8 Å². The van der Waals surface area contributed by atoms with Crippen LogP contribution in [0.4, 0.5) is 17.2 Å². The maximum absolute atomic E-state index is 12.8. The minimum atomic E-state index is -3.42. The fraction of sp³-hybridized carbons (Fsp3) is 0.562. The lowest BCUT2D eigenvalue weighted by Crippen LogP contribution is -2.44. The van der Waals surface area contributed by atoms with Gasteiger partial charge >= 0.3 is 5.97 Å². The topological polar surface area (TPSA) is 154 Å². The van der Waals surface area contributed by atoms with Crippen molar-refractivity contribution in [3.8, 4) is 22.9 Å². The fourth-order valence-corrected chi connectivity index (χ4v) is 7.74. The molecule has 1 aromatic carbocycles. The number of aliphatic carboxylic acids is 1. The normalized spacial score (nSPS) is 21.9. The lowest BCUT2D eigenvalue weighted by Gasteiger charge is -2.41. The van der Waals surface area contributed by atoms with E-state index in [1.807, 2.05) is 23.1 Å². The zero-order valence-corrected chi connectivity index (χ0v) is 26.4. The van der Waals surface area contributed by atoms with Gasteiger partial charge in [-0.2, -0.15) is 0 Å². The van der Waals surface area contributed by atoms with Crippen LogP contribution in [0.3, 0.4) is 0 Å². The van der Waals surface area contributed by atoms with Gasteiger partial charge < -0.3 is 24.6 Å². The number of benzene rings is 1. The number of carbonyl (C=O) groups is 1. The first-order valence-corrected chi connectivity index (χ1v) is 17.6. The van der Waals surface area contributed by atoms with Crippen LogP contribution >= 0.6 is 0 Å². The summed E-state index contributed by atoms with van der Waals surface area (Å²) in [6, 6.07) is 9.85. The highest BCUT2D eigenvalue weighted by atomic mass is 32.2. The summed E-state index contributed by atoms with van der Waals surface area (Å²) in [5.74, 6) is 0.160. The lowest BCUT2D eigenvalue weighted by molar-refractivity contribution is -0.141. The first-order chi connectivity index (χ1) is 21.7. The molecule has 0 amide bonds. The van der Waals surface area contributed by atoms with E-state index in [9.17, 15) is 18.3 Å². The Bertz CT molecular complexity index is 1660. The van der Waals surface area contributed by atoms with Crippen LogP contribution in [0.15, 0.2) is 40.9 Å². The molecular weight excluding hydrogens is 594 g/mol. The Morgan fingerprint density at radius 1 is 1.02 bits per heavy atom. The van der Waals surface area contributed by atoms with Crippen LogP contribution in [0, 0.1) is 11.3 Å². The summed E-state index contributed by atoms with van der Waals surface area (Å²) >= 11 is 0. The van der Waals surface area contributed by atoms with E-state index in [4.69, 9.17) is 4.42 Å². The monoisotopic (exact) mass is 635 g/mol. The van der Waals surface area contributed by atoms with Crippen LogP contribution in [0.5, 0.6) is 0 Å². The molecule has 4 fully saturated rings. The molecule has 3 N–H and O–H groups in total. The molecule has 4 heterocycles. The van der Waals surface area contributed by atoms with Crippen LogP contribution in [-0.4, -0.2) is 78.7 Å². The average Bonchev–Trinajstić information content (AvgIpc) is 3.99. The number of nitrogens with one attached hydrogen (secondary N) is 2. The highest BCUT2D eigenvalue weighted by Gasteiger charge is 2.37. The predicted molar refractivity (Wildman–Crippen MR) is 172 cm³/mol. The van der Waals surface area contributed by atoms with Gasteiger partial charge in [0.05, 0.1) is 28.1 Å². The molecule has 0 spiro atoms. The SMILES string of the molecule is CC1(CNC2CC2)CCN(c2cc(NS(=O)(=O)C3CC3)ccc2-c2nnc(-c3ccnc(N4CCCC(C(=O)O)C4)c3)o2)CC1. The van der Waals surface area contributed by atoms with Gasteiger partial charge in [-0.05, 0) is 87.1 Å². The van der Waals surface area contributed by atoms with Gasteiger partial charge in [0.25, 0.3) is 0 Å². The second-order valence-corrected chi connectivity index (χ2v) is 15.4. The van der Waals surface area contributed by atoms with E-state index in [0.717, 1.165) is 56.7 Å². The van der Waals surface area contributed by atoms with E-state index in [0.29, 0.717) is 60.7 Å². The van der Waals surface area contributed by atoms with Crippen LogP contribution in [0.2, 0.25) is 0 Å². The maximum atomic E-state index is 12.8. The number of pyridine rings is 1. The van der Waals surface area contributed by atoms with Crippen molar-refractivity contribution in [2.45, 2.75) is 69.6 Å². The molecule has 45 heavy (non-hydrogen) atoms. The lowest BCUT2D eigenvalue weighted by atomic mass is 9.80. The molecule has 2 aliphatic heterocycles. The maximum Gasteiger partial charge on any atom is 0.308 e. The zero-order chi connectivity index (χ0) is 31.2. The number of carboxylic acid groups (broad SMARTS) is 1. The number of hydrogen-bond acceptors (Lipinski definition) is 10. The molecule has 2 saturated carbocycles. The number of sulfonamides is 1. The second-order valence-electron chi connectivity index (χ2n) is 13.5. The summed E-state index contributed by atoms with van der Waals surface area (Å²) in [4.78, 5) is 20.4. The Morgan fingerprint density at radius 3 is 2.53 bits per heavy atom. The van der Waals surface area contributed by atoms with E-state index in [1.165, 1.54) is 12.8 Å². The molecule has 4 aliphatic rings. The molecule has 2 aromatic heterocycles. The van der Waals surface area contributed by atoms with Crippen LogP contribution in [0.25, 0.3) is 22.9 Å². The fourth-order valence-electron chi connectivity index (χ4n) is 6.37. The van der Waals surface area contributed by atoms with E-state index >= 15 is 0 Å². The molecule has 3 aromatic rings. The minimum absolute atomic E-state index is 0.208. The van der Waals surface area contributed by atoms with E-state index in [-0.39, 0.29) is 10.7 Å². The Hall–Kier alpha value is -3.71. The smallest absolute Gasteiger partial charge is 0.308 e. The van der Waals surface area contributed by atoms with Gasteiger partial charge in [0, 0.05) is 50.5 Å². The van der Waals surface area contributed by atoms with Gasteiger partial charge in [0.1, 0.15) is 5.82 Å². The largest absolute Gasteiger partial charge is 0.481 e. The Morgan fingerprint density at radius 2 is 1.80 bits per heavy atom. The van der Waals surface area contributed by atoms with E-state index in [1.54, 1.807) is 18.3 Å². The third kappa shape index (κ3) is 6.79. The second kappa shape index (κ2) is 11.9. The molecule has 2 saturated heterocycles. The summed E-state index contributed by atoms with van der Waals surface area (Å²) in [5.41, 5.74) is 3.05. The number of carboxylic acids is 1. The number of anilines is 3. The summed E-state index contributed by atoms with van der Waals surface area (Å²) in [6.45, 7) is 6.16. The molecule has 0 bridgehead atoms. The van der Waals surface area contributed by atoms with Crippen molar-refractivity contribution in [2.24, 2.45) is 11.3 Å². The number of nitrogens with zero attached hydrogens (tertiary/aromatic N) is 5. The standard InChI is InChI=1S/C32H41N7O5S/c1-32(20-34-23-4-5-23)11-15-38(16-12-32)27-18-24(37-45(42,43)25-7-8-25)6-9-26(27)30-36-35-29(44-30)21-10-13-33-28(17-21)39-14-2-3-22(19-39)31(40)41/h6,9-10,13,17-18,22-23,25,34,37H,2-5,7-8,11-12,14-16,19-20H2,1H3,(H,40,41). The van der Waals surface area contributed by atoms with Crippen molar-refractivity contribution < 1.29 is 22.7 Å². The summed E-state index contributed by atoms with van der Waals surface area (Å²) in [7, 11) is -3.42. The molecule has 2 aliphatic carbocycles. The number of piperidine rings is 2. The predicted octanol–water partition coefficient (Wildman–Crippen LogP) is 4.36. The molecular formula is C32H41N7O5S. The van der Waals surface area contributed by atoms with Gasteiger partial charge in [-0.3, -0.25) is 9.52 Å². The number of aromatic nitrogens is 3. The first kappa shape index (κ1) is 30.0. The third-order valence-electron chi connectivity index (χ3n) is 9.67. The van der Waals surface area contributed by atoms with Gasteiger partial charge in [0.15, 0.2) is 0 Å². The van der Waals surface area contributed by atoms with Crippen molar-refractivity contribution in [2.75, 3.05) is 47.2 Å². The minimum Gasteiger partial charge on any atom is -0.481 e. The van der Waals surface area contributed by atoms with Crippen molar-refractivity contribution >= 4 is 33.2 Å². The van der Waals surface area contributed by atoms with Crippen molar-refractivity contribution in [3.63, 3.8) is 0 Å². The highest BCUT2D eigenvalue weighted by Crippen LogP contribution is 2.40. The summed E-state index contributed by atoms with van der Waals surface area (Å²) in [6.07, 6.45) is 9.07. The quantitative estimate of drug-likeness (QED) is 0.275. The molecule has 240 valence electrons. The number of rotatable bonds is 11. The molecule has 7 rings (SSSR count). The number of hydrogen-bond donors (Lipinski definition) is 3. The molecule has 13 heteroatoms. The zero-order valence-electron chi connectivity index (χ0n) is 25.6. The molecule has 1 unspecified atom stereocenters. The van der Waals surface area contributed by atoms with Gasteiger partial charge in [-0.15, -0.1) is 10.2 Å². The van der Waals surface area contributed by atoms with Gasteiger partial charge in [0.2, 0.25) is 21.8 Å². The van der Waals surface area contributed by atoms with E-state index in [2.05, 4.69) is 37.0 Å². The Balaban J connectivity index is 1.14. The Kier molecular flexibility index (Phi) is 7.93. The van der Waals surface area contributed by atoms with Crippen LogP contribution in [0.1, 0.15) is 58.3 Å². The van der Waals surface area contributed by atoms with E-state index < -0.39 is 21.9 Å².